The van der Waals surface area contributed by atoms with E-state index in [-0.39, 0.29) is 12.6 Å². The number of nitrogens with one attached hydrogen (secondary N) is 2. The number of hydrogen-bond donors (Lipinski definition) is 2. The van der Waals surface area contributed by atoms with Crippen LogP contribution in [0.25, 0.3) is 0 Å². The molecule has 1 atom stereocenters. The van der Waals surface area contributed by atoms with Gasteiger partial charge in [0.1, 0.15) is 12.6 Å². The Bertz CT molecular complexity index is 346. The van der Waals surface area contributed by atoms with E-state index in [0.717, 1.165) is 0 Å². The molecule has 4 amide bonds. The minimum absolute atomic E-state index is 0.0772. The summed E-state index contributed by atoms with van der Waals surface area (Å²) >= 11 is 0. The van der Waals surface area contributed by atoms with E-state index in [4.69, 9.17) is 0 Å². The highest BCUT2D eigenvalue weighted by atomic mass is 16.2. The van der Waals surface area contributed by atoms with Crippen molar-refractivity contribution >= 4 is 17.8 Å². The number of nitrogens with zero attached hydrogens (tertiary/aromatic N) is 1. The fourth-order valence-electron chi connectivity index (χ4n) is 1.68. The third-order valence-electron chi connectivity index (χ3n) is 2.38. The van der Waals surface area contributed by atoms with Crippen molar-refractivity contribution in [3.8, 4) is 0 Å². The lowest BCUT2D eigenvalue weighted by Crippen LogP contribution is -2.63. The molecule has 96 valence electrons. The van der Waals surface area contributed by atoms with Gasteiger partial charge in [0.05, 0.1) is 0 Å². The molecule has 1 rings (SSSR count). The number of carbonyl (C=O) groups is 3. The van der Waals surface area contributed by atoms with Crippen LogP contribution in [0, 0.1) is 0 Å². The zero-order chi connectivity index (χ0) is 13.2. The van der Waals surface area contributed by atoms with E-state index < -0.39 is 23.4 Å². The van der Waals surface area contributed by atoms with Crippen LogP contribution in [0.2, 0.25) is 0 Å². The molecule has 0 aromatic carbocycles. The maximum atomic E-state index is 12.0. The molecule has 0 bridgehead atoms. The molecule has 6 nitrogen and oxygen atoms in total. The van der Waals surface area contributed by atoms with Gasteiger partial charge in [-0.05, 0) is 27.2 Å². The smallest absolute Gasteiger partial charge is 0.318 e. The first-order chi connectivity index (χ1) is 7.74. The summed E-state index contributed by atoms with van der Waals surface area (Å²) in [5, 5.41) is 4.98. The number of carbonyl (C=O) groups excluding carboxylic acids is 3. The van der Waals surface area contributed by atoms with Gasteiger partial charge in [0.2, 0.25) is 11.8 Å². The van der Waals surface area contributed by atoms with Crippen LogP contribution in [0.15, 0.2) is 0 Å². The lowest BCUT2D eigenvalue weighted by Gasteiger charge is -2.35. The van der Waals surface area contributed by atoms with Gasteiger partial charge < -0.3 is 10.2 Å². The summed E-state index contributed by atoms with van der Waals surface area (Å²) < 4.78 is 0. The third-order valence-corrected chi connectivity index (χ3v) is 2.38. The lowest BCUT2D eigenvalue weighted by molar-refractivity contribution is -0.138. The molecule has 2 N–H and O–H groups in total. The van der Waals surface area contributed by atoms with Crippen LogP contribution in [0.4, 0.5) is 4.79 Å². The summed E-state index contributed by atoms with van der Waals surface area (Å²) in [7, 11) is 0. The van der Waals surface area contributed by atoms with Crippen LogP contribution in [0.5, 0.6) is 0 Å². The molecule has 17 heavy (non-hydrogen) atoms. The summed E-state index contributed by atoms with van der Waals surface area (Å²) in [5.41, 5.74) is -0.396. The Morgan fingerprint density at radius 1 is 1.47 bits per heavy atom. The molecule has 0 aliphatic carbocycles. The monoisotopic (exact) mass is 241 g/mol. The zero-order valence-electron chi connectivity index (χ0n) is 10.7. The van der Waals surface area contributed by atoms with Crippen LogP contribution in [-0.4, -0.2) is 40.9 Å². The van der Waals surface area contributed by atoms with Crippen molar-refractivity contribution in [2.45, 2.75) is 45.7 Å². The Morgan fingerprint density at radius 2 is 2.06 bits per heavy atom. The fraction of sp³-hybridized carbons (Fsp3) is 0.727. The average molecular weight is 241 g/mol. The van der Waals surface area contributed by atoms with Gasteiger partial charge >= 0.3 is 6.03 Å². The molecule has 1 saturated heterocycles. The topological polar surface area (TPSA) is 78.5 Å². The van der Waals surface area contributed by atoms with Gasteiger partial charge in [-0.2, -0.15) is 0 Å². The molecule has 1 unspecified atom stereocenters. The van der Waals surface area contributed by atoms with Crippen LogP contribution in [-0.2, 0) is 9.59 Å². The van der Waals surface area contributed by atoms with Crippen molar-refractivity contribution in [2.75, 3.05) is 6.54 Å². The third kappa shape index (κ3) is 3.44. The second-order valence-corrected chi connectivity index (χ2v) is 5.14. The Labute approximate surface area is 101 Å². The molecule has 6 heteroatoms. The van der Waals surface area contributed by atoms with Gasteiger partial charge in [-0.25, -0.2) is 4.79 Å². The van der Waals surface area contributed by atoms with Crippen molar-refractivity contribution in [3.63, 3.8) is 0 Å². The van der Waals surface area contributed by atoms with E-state index in [0.29, 0.717) is 6.42 Å². The van der Waals surface area contributed by atoms with E-state index in [2.05, 4.69) is 10.6 Å². The summed E-state index contributed by atoms with van der Waals surface area (Å²) in [5.74, 6) is -0.850. The highest BCUT2D eigenvalue weighted by molar-refractivity contribution is 6.04. The lowest BCUT2D eigenvalue weighted by atomic mass is 10.1. The Morgan fingerprint density at radius 3 is 2.53 bits per heavy atom. The maximum Gasteiger partial charge on any atom is 0.318 e. The maximum absolute atomic E-state index is 12.0. The first-order valence-corrected chi connectivity index (χ1v) is 5.67. The Balaban J connectivity index is 2.81. The van der Waals surface area contributed by atoms with Crippen LogP contribution >= 0.6 is 0 Å². The Kier molecular flexibility index (Phi) is 3.75. The van der Waals surface area contributed by atoms with E-state index in [1.807, 2.05) is 20.8 Å². The predicted molar refractivity (Wildman–Crippen MR) is 62.2 cm³/mol. The minimum Gasteiger partial charge on any atom is -0.333 e. The van der Waals surface area contributed by atoms with Gasteiger partial charge in [0.15, 0.2) is 0 Å². The van der Waals surface area contributed by atoms with Gasteiger partial charge in [0, 0.05) is 5.54 Å². The van der Waals surface area contributed by atoms with E-state index in [1.54, 1.807) is 6.92 Å². The second kappa shape index (κ2) is 4.73. The molecule has 1 fully saturated rings. The number of hydrogen-bond acceptors (Lipinski definition) is 3. The summed E-state index contributed by atoms with van der Waals surface area (Å²) in [6.45, 7) is 7.26. The van der Waals surface area contributed by atoms with Crippen molar-refractivity contribution in [1.29, 1.82) is 0 Å². The second-order valence-electron chi connectivity index (χ2n) is 5.14. The van der Waals surface area contributed by atoms with Gasteiger partial charge in [-0.3, -0.25) is 14.9 Å². The highest BCUT2D eigenvalue weighted by Gasteiger charge is 2.36. The standard InChI is InChI=1S/C11H19N3O3/c1-5-7-9(16)12-8(15)6-14(7)10(17)13-11(2,3)4/h7H,5-6H2,1-4H3,(H,13,17)(H,12,15,16). The zero-order valence-corrected chi connectivity index (χ0v) is 10.7. The van der Waals surface area contributed by atoms with E-state index >= 15 is 0 Å². The number of urea groups is 1. The molecular formula is C11H19N3O3. The normalized spacial score (nSPS) is 21.2. The van der Waals surface area contributed by atoms with Crippen LogP contribution < -0.4 is 10.6 Å². The molecule has 0 aromatic heterocycles. The van der Waals surface area contributed by atoms with Crippen molar-refractivity contribution in [2.24, 2.45) is 0 Å². The SMILES string of the molecule is CCC1C(=O)NC(=O)CN1C(=O)NC(C)(C)C. The molecule has 0 spiro atoms. The van der Waals surface area contributed by atoms with Crippen LogP contribution in [0.3, 0.4) is 0 Å². The average Bonchev–Trinajstić information content (AvgIpc) is 2.13. The van der Waals surface area contributed by atoms with Crippen LogP contribution in [0.1, 0.15) is 34.1 Å². The van der Waals surface area contributed by atoms with Crippen molar-refractivity contribution in [1.82, 2.24) is 15.5 Å². The molecule has 1 aliphatic heterocycles. The molecule has 0 aromatic rings. The Hall–Kier alpha value is -1.59. The minimum atomic E-state index is -0.574. The first kappa shape index (κ1) is 13.5. The molecule has 1 heterocycles. The molecular weight excluding hydrogens is 222 g/mol. The van der Waals surface area contributed by atoms with Gasteiger partial charge in [-0.1, -0.05) is 6.92 Å². The highest BCUT2D eigenvalue weighted by Crippen LogP contribution is 2.11. The predicted octanol–water partition coefficient (Wildman–Crippen LogP) is 0.231. The van der Waals surface area contributed by atoms with E-state index in [9.17, 15) is 14.4 Å². The quantitative estimate of drug-likeness (QED) is 0.645. The number of piperazine rings is 1. The molecule has 0 radical (unpaired) electrons. The fourth-order valence-corrected chi connectivity index (χ4v) is 1.68. The number of imide groups is 1. The molecule has 0 saturated carbocycles. The van der Waals surface area contributed by atoms with Crippen molar-refractivity contribution in [3.05, 3.63) is 0 Å². The largest absolute Gasteiger partial charge is 0.333 e. The van der Waals surface area contributed by atoms with Gasteiger partial charge in [-0.15, -0.1) is 0 Å². The van der Waals surface area contributed by atoms with Gasteiger partial charge in [0.25, 0.3) is 0 Å². The number of rotatable bonds is 1. The summed E-state index contributed by atoms with van der Waals surface area (Å²) in [6, 6.07) is -0.956. The van der Waals surface area contributed by atoms with E-state index in [1.165, 1.54) is 4.90 Å². The first-order valence-electron chi connectivity index (χ1n) is 5.67. The number of amides is 4. The van der Waals surface area contributed by atoms with Crippen molar-refractivity contribution < 1.29 is 14.4 Å². The molecule has 1 aliphatic rings. The summed E-state index contributed by atoms with van der Waals surface area (Å²) in [4.78, 5) is 36.1. The summed E-state index contributed by atoms with van der Waals surface area (Å²) in [6.07, 6.45) is 0.483.